The Labute approximate surface area is 86.3 Å². The molecular weight excluding hydrogens is 232 g/mol. The van der Waals surface area contributed by atoms with Crippen molar-refractivity contribution in [2.24, 2.45) is 5.73 Å². The Morgan fingerprint density at radius 1 is 1.62 bits per heavy atom. The third-order valence-electron chi connectivity index (χ3n) is 1.74. The summed E-state index contributed by atoms with van der Waals surface area (Å²) in [5.74, 6) is 0.987. The fourth-order valence-corrected chi connectivity index (χ4v) is 1.38. The molecule has 1 aliphatic rings. The fraction of sp³-hybridized carbons (Fsp3) is 0.375. The standard InChI is InChI=1S/C8H13BrN4/c1-12(2)8(11)13-5-6(9)3-4-7(13)10/h3-4,11H,5,10H2,1-2H3. The van der Waals surface area contributed by atoms with Crippen LogP contribution in [-0.4, -0.2) is 36.4 Å². The number of allylic oxidation sites excluding steroid dienone is 2. The number of rotatable bonds is 0. The molecule has 72 valence electrons. The molecule has 3 N–H and O–H groups in total. The van der Waals surface area contributed by atoms with Crippen molar-refractivity contribution in [1.29, 1.82) is 5.41 Å². The number of nitrogens with two attached hydrogens (primary N) is 1. The summed E-state index contributed by atoms with van der Waals surface area (Å²) in [7, 11) is 3.64. The Morgan fingerprint density at radius 2 is 2.23 bits per heavy atom. The van der Waals surface area contributed by atoms with E-state index in [-0.39, 0.29) is 0 Å². The van der Waals surface area contributed by atoms with E-state index in [1.807, 2.05) is 20.2 Å². The molecular formula is C8H13BrN4. The van der Waals surface area contributed by atoms with Gasteiger partial charge < -0.3 is 10.6 Å². The van der Waals surface area contributed by atoms with Crippen LogP contribution in [0.2, 0.25) is 0 Å². The lowest BCUT2D eigenvalue weighted by Crippen LogP contribution is -2.43. The van der Waals surface area contributed by atoms with Crippen molar-refractivity contribution >= 4 is 21.9 Å². The summed E-state index contributed by atoms with van der Waals surface area (Å²) in [6.07, 6.45) is 3.68. The molecule has 1 heterocycles. The lowest BCUT2D eigenvalue weighted by Gasteiger charge is -2.30. The second-order valence-electron chi connectivity index (χ2n) is 3.01. The monoisotopic (exact) mass is 244 g/mol. The Morgan fingerprint density at radius 3 is 2.77 bits per heavy atom. The van der Waals surface area contributed by atoms with E-state index in [1.54, 1.807) is 15.9 Å². The molecule has 13 heavy (non-hydrogen) atoms. The zero-order chi connectivity index (χ0) is 10.0. The van der Waals surface area contributed by atoms with Crippen LogP contribution in [0.4, 0.5) is 0 Å². The van der Waals surface area contributed by atoms with E-state index < -0.39 is 0 Å². The van der Waals surface area contributed by atoms with E-state index in [0.717, 1.165) is 4.48 Å². The molecule has 0 spiro atoms. The zero-order valence-electron chi connectivity index (χ0n) is 7.71. The van der Waals surface area contributed by atoms with E-state index in [0.29, 0.717) is 18.3 Å². The van der Waals surface area contributed by atoms with Gasteiger partial charge in [-0.3, -0.25) is 10.3 Å². The van der Waals surface area contributed by atoms with Crippen molar-refractivity contribution in [2.75, 3.05) is 20.6 Å². The Hall–Kier alpha value is -0.970. The van der Waals surface area contributed by atoms with Crippen LogP contribution in [0.5, 0.6) is 0 Å². The van der Waals surface area contributed by atoms with Gasteiger partial charge in [-0.25, -0.2) is 0 Å². The molecule has 0 saturated heterocycles. The van der Waals surface area contributed by atoms with Gasteiger partial charge in [-0.05, 0) is 12.2 Å². The van der Waals surface area contributed by atoms with E-state index >= 15 is 0 Å². The van der Waals surface area contributed by atoms with Crippen LogP contribution in [0.1, 0.15) is 0 Å². The second-order valence-corrected chi connectivity index (χ2v) is 4.03. The molecule has 0 radical (unpaired) electrons. The van der Waals surface area contributed by atoms with Crippen LogP contribution >= 0.6 is 15.9 Å². The van der Waals surface area contributed by atoms with E-state index in [4.69, 9.17) is 11.1 Å². The number of hydrogen-bond donors (Lipinski definition) is 2. The molecule has 5 heteroatoms. The molecule has 0 atom stereocenters. The quantitative estimate of drug-likeness (QED) is 0.492. The predicted molar refractivity (Wildman–Crippen MR) is 57.4 cm³/mol. The molecule has 0 amide bonds. The Balaban J connectivity index is 2.79. The maximum absolute atomic E-state index is 7.74. The summed E-state index contributed by atoms with van der Waals surface area (Å²) in [5, 5.41) is 7.74. The van der Waals surface area contributed by atoms with Crippen molar-refractivity contribution in [1.82, 2.24) is 9.80 Å². The number of hydrogen-bond acceptors (Lipinski definition) is 2. The van der Waals surface area contributed by atoms with Gasteiger partial charge in [-0.15, -0.1) is 0 Å². The first-order valence-electron chi connectivity index (χ1n) is 3.87. The molecule has 0 aliphatic carbocycles. The fourth-order valence-electron chi connectivity index (χ4n) is 0.999. The van der Waals surface area contributed by atoms with Crippen LogP contribution in [0.15, 0.2) is 22.5 Å². The zero-order valence-corrected chi connectivity index (χ0v) is 9.30. The molecule has 0 aromatic heterocycles. The van der Waals surface area contributed by atoms with Gasteiger partial charge in [0.25, 0.3) is 0 Å². The molecule has 0 fully saturated rings. The minimum atomic E-state index is 0.388. The SMILES string of the molecule is CN(C)C(=N)N1CC(Br)=CC=C1N. The molecule has 0 saturated carbocycles. The van der Waals surface area contributed by atoms with Gasteiger partial charge in [0.05, 0.1) is 6.54 Å². The van der Waals surface area contributed by atoms with Crippen LogP contribution in [0.25, 0.3) is 0 Å². The highest BCUT2D eigenvalue weighted by Gasteiger charge is 2.17. The molecule has 1 aliphatic heterocycles. The Kier molecular flexibility index (Phi) is 2.98. The van der Waals surface area contributed by atoms with Crippen molar-refractivity contribution in [3.8, 4) is 0 Å². The lowest BCUT2D eigenvalue weighted by molar-refractivity contribution is 0.448. The van der Waals surface area contributed by atoms with Gasteiger partial charge in [0.15, 0.2) is 5.96 Å². The maximum atomic E-state index is 7.74. The first-order valence-corrected chi connectivity index (χ1v) is 4.67. The maximum Gasteiger partial charge on any atom is 0.199 e. The van der Waals surface area contributed by atoms with Gasteiger partial charge in [0, 0.05) is 18.6 Å². The average Bonchev–Trinajstić information content (AvgIpc) is 2.08. The molecule has 0 unspecified atom stereocenters. The summed E-state index contributed by atoms with van der Waals surface area (Å²) in [4.78, 5) is 3.44. The van der Waals surface area contributed by atoms with Crippen LogP contribution in [-0.2, 0) is 0 Å². The minimum Gasteiger partial charge on any atom is -0.385 e. The predicted octanol–water partition coefficient (Wildman–Crippen LogP) is 0.877. The summed E-state index contributed by atoms with van der Waals surface area (Å²) in [6, 6.07) is 0. The van der Waals surface area contributed by atoms with Gasteiger partial charge in [0.1, 0.15) is 5.82 Å². The number of guanidine groups is 1. The van der Waals surface area contributed by atoms with Crippen molar-refractivity contribution in [3.63, 3.8) is 0 Å². The average molecular weight is 245 g/mol. The van der Waals surface area contributed by atoms with Crippen LogP contribution in [0.3, 0.4) is 0 Å². The van der Waals surface area contributed by atoms with E-state index in [1.165, 1.54) is 0 Å². The highest BCUT2D eigenvalue weighted by Crippen LogP contribution is 2.16. The number of halogens is 1. The van der Waals surface area contributed by atoms with Crippen molar-refractivity contribution < 1.29 is 0 Å². The summed E-state index contributed by atoms with van der Waals surface area (Å²) in [6.45, 7) is 0.624. The van der Waals surface area contributed by atoms with Crippen molar-refractivity contribution in [3.05, 3.63) is 22.5 Å². The van der Waals surface area contributed by atoms with Gasteiger partial charge in [0.2, 0.25) is 0 Å². The number of nitrogens with zero attached hydrogens (tertiary/aromatic N) is 2. The minimum absolute atomic E-state index is 0.388. The van der Waals surface area contributed by atoms with E-state index in [9.17, 15) is 0 Å². The van der Waals surface area contributed by atoms with Crippen molar-refractivity contribution in [2.45, 2.75) is 0 Å². The lowest BCUT2D eigenvalue weighted by atomic mass is 10.3. The highest BCUT2D eigenvalue weighted by molar-refractivity contribution is 9.11. The van der Waals surface area contributed by atoms with Gasteiger partial charge in [-0.1, -0.05) is 15.9 Å². The van der Waals surface area contributed by atoms with Gasteiger partial charge >= 0.3 is 0 Å². The van der Waals surface area contributed by atoms with Crippen LogP contribution in [0, 0.1) is 5.41 Å². The molecule has 1 rings (SSSR count). The Bertz CT molecular complexity index is 280. The normalized spacial score (nSPS) is 16.4. The third kappa shape index (κ3) is 2.24. The third-order valence-corrected chi connectivity index (χ3v) is 2.25. The molecule has 0 bridgehead atoms. The molecule has 4 nitrogen and oxygen atoms in total. The van der Waals surface area contributed by atoms with E-state index in [2.05, 4.69) is 15.9 Å². The van der Waals surface area contributed by atoms with Crippen LogP contribution < -0.4 is 5.73 Å². The summed E-state index contributed by atoms with van der Waals surface area (Å²) >= 11 is 3.38. The molecule has 0 aromatic carbocycles. The summed E-state index contributed by atoms with van der Waals surface area (Å²) < 4.78 is 1.02. The van der Waals surface area contributed by atoms with Gasteiger partial charge in [-0.2, -0.15) is 0 Å². The molecule has 0 aromatic rings. The highest BCUT2D eigenvalue weighted by atomic mass is 79.9. The number of nitrogens with one attached hydrogen (secondary N) is 1. The first kappa shape index (κ1) is 10.1. The largest absolute Gasteiger partial charge is 0.385 e. The second kappa shape index (κ2) is 3.83. The topological polar surface area (TPSA) is 56.4 Å². The smallest absolute Gasteiger partial charge is 0.199 e. The summed E-state index contributed by atoms with van der Waals surface area (Å²) in [5.41, 5.74) is 5.73. The first-order chi connectivity index (χ1) is 6.02.